The number of hydrogen-bond acceptors (Lipinski definition) is 4. The minimum atomic E-state index is -0.165. The Hall–Kier alpha value is -2.17. The van der Waals surface area contributed by atoms with Gasteiger partial charge in [0.05, 0.1) is 23.4 Å². The van der Waals surface area contributed by atoms with Gasteiger partial charge in [-0.05, 0) is 17.7 Å². The molecule has 0 saturated heterocycles. The van der Waals surface area contributed by atoms with Crippen molar-refractivity contribution in [2.24, 2.45) is 10.9 Å². The van der Waals surface area contributed by atoms with Gasteiger partial charge in [0.1, 0.15) is 0 Å². The highest BCUT2D eigenvalue weighted by Gasteiger charge is 1.98. The smallest absolute Gasteiger partial charge is 0.258 e. The minimum absolute atomic E-state index is 0.165. The summed E-state index contributed by atoms with van der Waals surface area (Å²) in [5, 5.41) is 3.92. The first-order valence-corrected chi connectivity index (χ1v) is 4.02. The summed E-state index contributed by atoms with van der Waals surface area (Å²) in [4.78, 5) is 17.9. The average molecular weight is 188 g/mol. The zero-order valence-electron chi connectivity index (χ0n) is 7.27. The molecular weight excluding hydrogens is 180 g/mol. The van der Waals surface area contributed by atoms with E-state index in [-0.39, 0.29) is 5.56 Å². The number of nitrogens with zero attached hydrogens (tertiary/aromatic N) is 2. The molecule has 0 bridgehead atoms. The summed E-state index contributed by atoms with van der Waals surface area (Å²) in [6.07, 6.45) is 2.85. The zero-order valence-corrected chi connectivity index (χ0v) is 7.27. The van der Waals surface area contributed by atoms with E-state index in [1.54, 1.807) is 18.2 Å². The summed E-state index contributed by atoms with van der Waals surface area (Å²) in [6.45, 7) is 0. The third-order valence-electron chi connectivity index (χ3n) is 1.89. The second kappa shape index (κ2) is 3.29. The second-order valence-electron chi connectivity index (χ2n) is 2.79. The number of hydrogen-bond donors (Lipinski definition) is 2. The number of nitrogens with one attached hydrogen (secondary N) is 1. The SMILES string of the molecule is NN=Cc1ccc2nc[nH]c(=O)c2c1. The number of aromatic amines is 1. The molecule has 2 aromatic rings. The molecule has 2 rings (SSSR count). The minimum Gasteiger partial charge on any atom is -0.323 e. The van der Waals surface area contributed by atoms with Crippen LogP contribution in [0, 0.1) is 0 Å². The van der Waals surface area contributed by atoms with Gasteiger partial charge in [-0.15, -0.1) is 0 Å². The molecule has 0 saturated carbocycles. The fourth-order valence-electron chi connectivity index (χ4n) is 1.25. The lowest BCUT2D eigenvalue weighted by Crippen LogP contribution is -2.06. The fraction of sp³-hybridized carbons (Fsp3) is 0. The van der Waals surface area contributed by atoms with Crippen molar-refractivity contribution in [3.05, 3.63) is 40.4 Å². The Labute approximate surface area is 79.3 Å². The second-order valence-corrected chi connectivity index (χ2v) is 2.79. The van der Waals surface area contributed by atoms with Crippen molar-refractivity contribution >= 4 is 17.1 Å². The molecule has 0 aliphatic rings. The molecule has 5 nitrogen and oxygen atoms in total. The summed E-state index contributed by atoms with van der Waals surface area (Å²) in [5.41, 5.74) is 1.27. The Morgan fingerprint density at radius 3 is 3.14 bits per heavy atom. The van der Waals surface area contributed by atoms with E-state index in [9.17, 15) is 4.79 Å². The topological polar surface area (TPSA) is 84.1 Å². The molecule has 0 amide bonds. The maximum absolute atomic E-state index is 11.4. The number of fused-ring (bicyclic) bond motifs is 1. The molecule has 0 spiro atoms. The molecule has 0 atom stereocenters. The maximum Gasteiger partial charge on any atom is 0.258 e. The largest absolute Gasteiger partial charge is 0.323 e. The summed E-state index contributed by atoms with van der Waals surface area (Å²) >= 11 is 0. The summed E-state index contributed by atoms with van der Waals surface area (Å²) < 4.78 is 0. The van der Waals surface area contributed by atoms with Crippen molar-refractivity contribution in [1.82, 2.24) is 9.97 Å². The molecule has 14 heavy (non-hydrogen) atoms. The van der Waals surface area contributed by atoms with Gasteiger partial charge >= 0.3 is 0 Å². The molecule has 1 aromatic heterocycles. The van der Waals surface area contributed by atoms with Gasteiger partial charge in [0.15, 0.2) is 0 Å². The van der Waals surface area contributed by atoms with Crippen LogP contribution in [0.2, 0.25) is 0 Å². The van der Waals surface area contributed by atoms with Crippen molar-refractivity contribution < 1.29 is 0 Å². The van der Waals surface area contributed by atoms with Crippen molar-refractivity contribution in [2.45, 2.75) is 0 Å². The van der Waals surface area contributed by atoms with Crippen LogP contribution in [-0.4, -0.2) is 16.2 Å². The zero-order chi connectivity index (χ0) is 9.97. The van der Waals surface area contributed by atoms with Gasteiger partial charge in [-0.25, -0.2) is 4.98 Å². The van der Waals surface area contributed by atoms with Gasteiger partial charge in [0.25, 0.3) is 5.56 Å². The lowest BCUT2D eigenvalue weighted by Gasteiger charge is -1.96. The Morgan fingerprint density at radius 1 is 1.50 bits per heavy atom. The van der Waals surface area contributed by atoms with Crippen LogP contribution in [0.5, 0.6) is 0 Å². The first kappa shape index (κ1) is 8.43. The summed E-state index contributed by atoms with van der Waals surface area (Å²) in [7, 11) is 0. The molecule has 1 heterocycles. The number of H-pyrrole nitrogens is 1. The van der Waals surface area contributed by atoms with Crippen LogP contribution in [0.3, 0.4) is 0 Å². The molecular formula is C9H8N4O. The van der Waals surface area contributed by atoms with Crippen LogP contribution in [0.4, 0.5) is 0 Å². The Balaban J connectivity index is 2.76. The highest BCUT2D eigenvalue weighted by atomic mass is 16.1. The van der Waals surface area contributed by atoms with Crippen LogP contribution in [0.15, 0.2) is 34.4 Å². The third kappa shape index (κ3) is 1.35. The first-order valence-electron chi connectivity index (χ1n) is 4.02. The number of hydrazone groups is 1. The summed E-state index contributed by atoms with van der Waals surface area (Å²) in [5.74, 6) is 5.01. The predicted molar refractivity (Wildman–Crippen MR) is 54.1 cm³/mol. The third-order valence-corrected chi connectivity index (χ3v) is 1.89. The standard InChI is InChI=1S/C9H8N4O/c10-13-4-6-1-2-8-7(3-6)9(14)12-5-11-8/h1-5H,10H2,(H,11,12,14). The number of benzene rings is 1. The maximum atomic E-state index is 11.4. The number of aromatic nitrogens is 2. The quantitative estimate of drug-likeness (QED) is 0.381. The Bertz CT molecular complexity index is 544. The van der Waals surface area contributed by atoms with Crippen LogP contribution in [0.1, 0.15) is 5.56 Å². The molecule has 3 N–H and O–H groups in total. The van der Waals surface area contributed by atoms with Gasteiger partial charge in [0.2, 0.25) is 0 Å². The van der Waals surface area contributed by atoms with Crippen LogP contribution in [-0.2, 0) is 0 Å². The lowest BCUT2D eigenvalue weighted by molar-refractivity contribution is 1.17. The van der Waals surface area contributed by atoms with Crippen molar-refractivity contribution in [1.29, 1.82) is 0 Å². The Kier molecular flexibility index (Phi) is 1.98. The van der Waals surface area contributed by atoms with E-state index in [2.05, 4.69) is 15.1 Å². The van der Waals surface area contributed by atoms with Gasteiger partial charge in [-0.2, -0.15) is 5.10 Å². The molecule has 0 radical (unpaired) electrons. The van der Waals surface area contributed by atoms with Crippen molar-refractivity contribution in [2.75, 3.05) is 0 Å². The van der Waals surface area contributed by atoms with Crippen molar-refractivity contribution in [3.63, 3.8) is 0 Å². The summed E-state index contributed by atoms with van der Waals surface area (Å²) in [6, 6.07) is 5.24. The van der Waals surface area contributed by atoms with Crippen LogP contribution in [0.25, 0.3) is 10.9 Å². The Morgan fingerprint density at radius 2 is 2.36 bits per heavy atom. The molecule has 70 valence electrons. The van der Waals surface area contributed by atoms with Crippen LogP contribution < -0.4 is 11.4 Å². The molecule has 0 fully saturated rings. The molecule has 1 aromatic carbocycles. The molecule has 0 unspecified atom stereocenters. The van der Waals surface area contributed by atoms with Gasteiger partial charge < -0.3 is 10.8 Å². The highest BCUT2D eigenvalue weighted by Crippen LogP contribution is 2.07. The number of nitrogens with two attached hydrogens (primary N) is 1. The van der Waals surface area contributed by atoms with E-state index >= 15 is 0 Å². The van der Waals surface area contributed by atoms with Gasteiger partial charge in [-0.1, -0.05) is 6.07 Å². The van der Waals surface area contributed by atoms with E-state index in [1.165, 1.54) is 12.5 Å². The fourth-order valence-corrected chi connectivity index (χ4v) is 1.25. The predicted octanol–water partition coefficient (Wildman–Crippen LogP) is 0.216. The molecule has 0 aliphatic carbocycles. The molecule has 0 aliphatic heterocycles. The number of rotatable bonds is 1. The van der Waals surface area contributed by atoms with Crippen molar-refractivity contribution in [3.8, 4) is 0 Å². The van der Waals surface area contributed by atoms with E-state index in [1.807, 2.05) is 0 Å². The lowest BCUT2D eigenvalue weighted by atomic mass is 10.1. The first-order chi connectivity index (χ1) is 6.81. The van der Waals surface area contributed by atoms with E-state index in [4.69, 9.17) is 5.84 Å². The highest BCUT2D eigenvalue weighted by molar-refractivity contribution is 5.87. The molecule has 5 heteroatoms. The monoisotopic (exact) mass is 188 g/mol. The average Bonchev–Trinajstić information content (AvgIpc) is 2.20. The van der Waals surface area contributed by atoms with Crippen LogP contribution >= 0.6 is 0 Å². The van der Waals surface area contributed by atoms with E-state index < -0.39 is 0 Å². The van der Waals surface area contributed by atoms with E-state index in [0.29, 0.717) is 10.9 Å². The normalized spacial score (nSPS) is 11.1. The van der Waals surface area contributed by atoms with Gasteiger partial charge in [-0.3, -0.25) is 4.79 Å². The van der Waals surface area contributed by atoms with Gasteiger partial charge in [0, 0.05) is 0 Å². The van der Waals surface area contributed by atoms with E-state index in [0.717, 1.165) is 5.56 Å².